The van der Waals surface area contributed by atoms with Gasteiger partial charge in [-0.2, -0.15) is 13.2 Å². The fourth-order valence-corrected chi connectivity index (χ4v) is 2.71. The molecule has 0 saturated carbocycles. The lowest BCUT2D eigenvalue weighted by Gasteiger charge is -2.30. The summed E-state index contributed by atoms with van der Waals surface area (Å²) in [5, 5.41) is 0. The summed E-state index contributed by atoms with van der Waals surface area (Å²) in [4.78, 5) is 14.9. The Morgan fingerprint density at radius 2 is 1.95 bits per heavy atom. The van der Waals surface area contributed by atoms with E-state index in [2.05, 4.69) is 0 Å². The van der Waals surface area contributed by atoms with Crippen LogP contribution < -0.4 is 0 Å². The third-order valence-electron chi connectivity index (χ3n) is 4.02. The number of hydrogen-bond donors (Lipinski definition) is 0. The van der Waals surface area contributed by atoms with Crippen LogP contribution in [0.3, 0.4) is 0 Å². The molecule has 0 spiro atoms. The lowest BCUT2D eigenvalue weighted by atomic mass is 10.1. The second kappa shape index (κ2) is 6.05. The molecule has 6 heteroatoms. The van der Waals surface area contributed by atoms with E-state index in [-0.39, 0.29) is 12.6 Å². The van der Waals surface area contributed by atoms with Gasteiger partial charge in [0, 0.05) is 12.6 Å². The summed E-state index contributed by atoms with van der Waals surface area (Å²) in [7, 11) is 1.79. The summed E-state index contributed by atoms with van der Waals surface area (Å²) in [6.45, 7) is 0.958. The summed E-state index contributed by atoms with van der Waals surface area (Å²) in [6.07, 6.45) is -3.91. The molecule has 1 aromatic carbocycles. The van der Waals surface area contributed by atoms with Gasteiger partial charge in [-0.05, 0) is 26.0 Å². The molecule has 1 saturated heterocycles. The summed E-state index contributed by atoms with van der Waals surface area (Å²) < 4.78 is 37.3. The van der Waals surface area contributed by atoms with Gasteiger partial charge in [0.25, 0.3) is 0 Å². The number of alkyl halides is 3. The van der Waals surface area contributed by atoms with E-state index in [0.717, 1.165) is 10.5 Å². The molecule has 1 fully saturated rings. The van der Waals surface area contributed by atoms with Gasteiger partial charge in [-0.1, -0.05) is 30.3 Å². The van der Waals surface area contributed by atoms with Crippen LogP contribution >= 0.6 is 0 Å². The molecule has 0 aliphatic carbocycles. The molecule has 1 aromatic rings. The number of amides is 1. The Labute approximate surface area is 122 Å². The zero-order valence-electron chi connectivity index (χ0n) is 12.1. The monoisotopic (exact) mass is 300 g/mol. The minimum absolute atomic E-state index is 0.0222. The Morgan fingerprint density at radius 1 is 1.33 bits per heavy atom. The van der Waals surface area contributed by atoms with E-state index in [1.807, 2.05) is 42.2 Å². The highest BCUT2D eigenvalue weighted by molar-refractivity contribution is 5.84. The van der Waals surface area contributed by atoms with Crippen molar-refractivity contribution in [2.45, 2.75) is 31.6 Å². The minimum atomic E-state index is -4.34. The fourth-order valence-electron chi connectivity index (χ4n) is 2.71. The smallest absolute Gasteiger partial charge is 0.332 e. The second-order valence-corrected chi connectivity index (χ2v) is 5.43. The van der Waals surface area contributed by atoms with Crippen LogP contribution in [0, 0.1) is 0 Å². The first-order valence-electron chi connectivity index (χ1n) is 6.92. The van der Waals surface area contributed by atoms with Crippen molar-refractivity contribution < 1.29 is 18.0 Å². The van der Waals surface area contributed by atoms with Gasteiger partial charge in [0.2, 0.25) is 5.91 Å². The normalized spacial score (nSPS) is 21.1. The van der Waals surface area contributed by atoms with Gasteiger partial charge in [0.15, 0.2) is 0 Å². The van der Waals surface area contributed by atoms with E-state index in [4.69, 9.17) is 0 Å². The van der Waals surface area contributed by atoms with Gasteiger partial charge in [-0.3, -0.25) is 9.69 Å². The highest BCUT2D eigenvalue weighted by Crippen LogP contribution is 2.27. The summed E-state index contributed by atoms with van der Waals surface area (Å²) in [6, 6.07) is 9.12. The predicted molar refractivity (Wildman–Crippen MR) is 73.7 cm³/mol. The average molecular weight is 300 g/mol. The minimum Gasteiger partial charge on any atom is -0.332 e. The van der Waals surface area contributed by atoms with Gasteiger partial charge < -0.3 is 4.90 Å². The zero-order chi connectivity index (χ0) is 15.6. The molecular formula is C15H19F3N2O. The van der Waals surface area contributed by atoms with Gasteiger partial charge in [-0.15, -0.1) is 0 Å². The van der Waals surface area contributed by atoms with Crippen molar-refractivity contribution in [3.05, 3.63) is 35.9 Å². The van der Waals surface area contributed by atoms with Crippen molar-refractivity contribution in [3.8, 4) is 0 Å². The van der Waals surface area contributed by atoms with Crippen LogP contribution in [-0.2, 0) is 4.79 Å². The Balaban J connectivity index is 2.04. The SMILES string of the molecule is C[C@H](c1ccccc1)N(C)[C@@H]1CCN(CC(F)(F)F)C1=O. The topological polar surface area (TPSA) is 23.6 Å². The molecule has 2 atom stereocenters. The largest absolute Gasteiger partial charge is 0.406 e. The summed E-state index contributed by atoms with van der Waals surface area (Å²) in [5.41, 5.74) is 1.04. The Bertz CT molecular complexity index is 489. The quantitative estimate of drug-likeness (QED) is 0.853. The molecule has 1 amide bonds. The van der Waals surface area contributed by atoms with E-state index in [9.17, 15) is 18.0 Å². The van der Waals surface area contributed by atoms with Crippen LogP contribution in [0.5, 0.6) is 0 Å². The maximum absolute atomic E-state index is 12.4. The number of hydrogen-bond acceptors (Lipinski definition) is 2. The number of halogens is 3. The number of likely N-dealkylation sites (N-methyl/N-ethyl adjacent to an activating group) is 1. The highest BCUT2D eigenvalue weighted by atomic mass is 19.4. The summed E-state index contributed by atoms with van der Waals surface area (Å²) >= 11 is 0. The number of rotatable bonds is 4. The average Bonchev–Trinajstić information content (AvgIpc) is 2.78. The standard InChI is InChI=1S/C15H19F3N2O/c1-11(12-6-4-3-5-7-12)19(2)13-8-9-20(14(13)21)10-15(16,17)18/h3-7,11,13H,8-10H2,1-2H3/t11-,13-/m1/s1. The fraction of sp³-hybridized carbons (Fsp3) is 0.533. The first-order chi connectivity index (χ1) is 9.79. The number of carbonyl (C=O) groups is 1. The number of nitrogens with zero attached hydrogens (tertiary/aromatic N) is 2. The molecule has 0 N–H and O–H groups in total. The molecule has 1 aliphatic heterocycles. The number of benzene rings is 1. The lowest BCUT2D eigenvalue weighted by molar-refractivity contribution is -0.159. The van der Waals surface area contributed by atoms with Gasteiger partial charge >= 0.3 is 6.18 Å². The van der Waals surface area contributed by atoms with Gasteiger partial charge in [0.1, 0.15) is 6.54 Å². The van der Waals surface area contributed by atoms with Crippen LogP contribution in [0.25, 0.3) is 0 Å². The molecule has 116 valence electrons. The molecule has 0 unspecified atom stereocenters. The van der Waals surface area contributed by atoms with Crippen LogP contribution in [-0.4, -0.2) is 48.1 Å². The predicted octanol–water partition coefficient (Wildman–Crippen LogP) is 2.84. The molecule has 1 heterocycles. The Morgan fingerprint density at radius 3 is 2.52 bits per heavy atom. The van der Waals surface area contributed by atoms with E-state index in [0.29, 0.717) is 6.42 Å². The molecule has 2 rings (SSSR count). The Hall–Kier alpha value is -1.56. The van der Waals surface area contributed by atoms with Crippen molar-refractivity contribution >= 4 is 5.91 Å². The van der Waals surface area contributed by atoms with E-state index >= 15 is 0 Å². The molecular weight excluding hydrogens is 281 g/mol. The Kier molecular flexibility index (Phi) is 4.56. The maximum atomic E-state index is 12.4. The first kappa shape index (κ1) is 15.8. The molecule has 0 aromatic heterocycles. The molecule has 3 nitrogen and oxygen atoms in total. The van der Waals surface area contributed by atoms with Crippen LogP contribution in [0.15, 0.2) is 30.3 Å². The van der Waals surface area contributed by atoms with Crippen molar-refractivity contribution in [3.63, 3.8) is 0 Å². The van der Waals surface area contributed by atoms with Crippen LogP contribution in [0.1, 0.15) is 24.9 Å². The van der Waals surface area contributed by atoms with Crippen molar-refractivity contribution in [2.24, 2.45) is 0 Å². The first-order valence-corrected chi connectivity index (χ1v) is 6.92. The van der Waals surface area contributed by atoms with Crippen molar-refractivity contribution in [2.75, 3.05) is 20.1 Å². The van der Waals surface area contributed by atoms with E-state index in [1.54, 1.807) is 7.05 Å². The van der Waals surface area contributed by atoms with Gasteiger partial charge in [0.05, 0.1) is 6.04 Å². The third kappa shape index (κ3) is 3.75. The zero-order valence-corrected chi connectivity index (χ0v) is 12.1. The van der Waals surface area contributed by atoms with Crippen LogP contribution in [0.2, 0.25) is 0 Å². The number of carbonyl (C=O) groups excluding carboxylic acids is 1. The number of likely N-dealkylation sites (tertiary alicyclic amines) is 1. The van der Waals surface area contributed by atoms with E-state index < -0.39 is 24.7 Å². The van der Waals surface area contributed by atoms with Crippen molar-refractivity contribution in [1.82, 2.24) is 9.80 Å². The van der Waals surface area contributed by atoms with E-state index in [1.165, 1.54) is 0 Å². The molecule has 1 aliphatic rings. The second-order valence-electron chi connectivity index (χ2n) is 5.43. The maximum Gasteiger partial charge on any atom is 0.406 e. The van der Waals surface area contributed by atoms with Crippen LogP contribution in [0.4, 0.5) is 13.2 Å². The van der Waals surface area contributed by atoms with Crippen molar-refractivity contribution in [1.29, 1.82) is 0 Å². The molecule has 0 bridgehead atoms. The molecule has 0 radical (unpaired) electrons. The van der Waals surface area contributed by atoms with Gasteiger partial charge in [-0.25, -0.2) is 0 Å². The third-order valence-corrected chi connectivity index (χ3v) is 4.02. The molecule has 21 heavy (non-hydrogen) atoms. The highest BCUT2D eigenvalue weighted by Gasteiger charge is 2.41. The summed E-state index contributed by atoms with van der Waals surface area (Å²) in [5.74, 6) is -0.433. The lowest BCUT2D eigenvalue weighted by Crippen LogP contribution is -2.43.